The van der Waals surface area contributed by atoms with Gasteiger partial charge in [0.05, 0.1) is 11.9 Å². The number of hydrogen-bond donors (Lipinski definition) is 0. The first kappa shape index (κ1) is 9.03. The Morgan fingerprint density at radius 2 is 2.12 bits per heavy atom. The van der Waals surface area contributed by atoms with Crippen LogP contribution < -0.4 is 0 Å². The Labute approximate surface area is 92.6 Å². The van der Waals surface area contributed by atoms with Gasteiger partial charge in [0.15, 0.2) is 5.65 Å². The van der Waals surface area contributed by atoms with E-state index >= 15 is 0 Å². The number of aromatic nitrogens is 4. The first-order chi connectivity index (χ1) is 7.83. The van der Waals surface area contributed by atoms with Gasteiger partial charge in [-0.05, 0) is 24.3 Å². The molecule has 0 atom stereocenters. The predicted octanol–water partition coefficient (Wildman–Crippen LogP) is 2.03. The summed E-state index contributed by atoms with van der Waals surface area (Å²) >= 11 is 0. The van der Waals surface area contributed by atoms with Crippen LogP contribution in [0.2, 0.25) is 0 Å². The van der Waals surface area contributed by atoms with E-state index in [1.807, 2.05) is 37.5 Å². The molecule has 0 saturated carbocycles. The van der Waals surface area contributed by atoms with Crippen molar-refractivity contribution in [3.05, 3.63) is 42.9 Å². The van der Waals surface area contributed by atoms with Crippen molar-refractivity contribution in [2.75, 3.05) is 0 Å². The summed E-state index contributed by atoms with van der Waals surface area (Å²) in [6, 6.07) is 7.93. The van der Waals surface area contributed by atoms with Crippen LogP contribution in [0.25, 0.3) is 22.3 Å². The van der Waals surface area contributed by atoms with E-state index in [2.05, 4.69) is 15.1 Å². The van der Waals surface area contributed by atoms with Gasteiger partial charge in [-0.1, -0.05) is 0 Å². The SMILES string of the molecule is Cn1cc(-c2ccc3cccnc3n2)cn1. The van der Waals surface area contributed by atoms with Crippen LogP contribution in [0.5, 0.6) is 0 Å². The molecule has 0 aromatic carbocycles. The summed E-state index contributed by atoms with van der Waals surface area (Å²) < 4.78 is 1.76. The van der Waals surface area contributed by atoms with Crippen LogP contribution >= 0.6 is 0 Å². The molecule has 0 aliphatic rings. The second kappa shape index (κ2) is 3.41. The second-order valence-corrected chi connectivity index (χ2v) is 3.65. The van der Waals surface area contributed by atoms with Crippen LogP contribution in [0.4, 0.5) is 0 Å². The van der Waals surface area contributed by atoms with Gasteiger partial charge < -0.3 is 0 Å². The van der Waals surface area contributed by atoms with Crippen molar-refractivity contribution in [2.24, 2.45) is 7.05 Å². The zero-order valence-electron chi connectivity index (χ0n) is 8.83. The first-order valence-corrected chi connectivity index (χ1v) is 5.04. The standard InChI is InChI=1S/C12H10N4/c1-16-8-10(7-14-16)11-5-4-9-3-2-6-13-12(9)15-11/h2-8H,1H3. The number of pyridine rings is 2. The minimum atomic E-state index is 0.767. The van der Waals surface area contributed by atoms with Gasteiger partial charge in [-0.2, -0.15) is 5.10 Å². The Kier molecular flexibility index (Phi) is 1.93. The molecule has 4 nitrogen and oxygen atoms in total. The fraction of sp³-hybridized carbons (Fsp3) is 0.0833. The average molecular weight is 210 g/mol. The Morgan fingerprint density at radius 3 is 2.94 bits per heavy atom. The number of rotatable bonds is 1. The van der Waals surface area contributed by atoms with Crippen molar-refractivity contribution in [3.63, 3.8) is 0 Å². The average Bonchev–Trinajstić information content (AvgIpc) is 2.75. The largest absolute Gasteiger partial charge is 0.275 e. The molecule has 0 saturated heterocycles. The van der Waals surface area contributed by atoms with Gasteiger partial charge in [0, 0.05) is 30.4 Å². The third-order valence-corrected chi connectivity index (χ3v) is 2.46. The van der Waals surface area contributed by atoms with E-state index in [9.17, 15) is 0 Å². The fourth-order valence-corrected chi connectivity index (χ4v) is 1.67. The van der Waals surface area contributed by atoms with Crippen LogP contribution in [0.15, 0.2) is 42.9 Å². The van der Waals surface area contributed by atoms with Gasteiger partial charge >= 0.3 is 0 Å². The molecule has 0 aliphatic heterocycles. The lowest BCUT2D eigenvalue weighted by Crippen LogP contribution is -1.87. The van der Waals surface area contributed by atoms with E-state index in [0.29, 0.717) is 0 Å². The third kappa shape index (κ3) is 1.44. The van der Waals surface area contributed by atoms with E-state index < -0.39 is 0 Å². The summed E-state index contributed by atoms with van der Waals surface area (Å²) in [5.74, 6) is 0. The monoisotopic (exact) mass is 210 g/mol. The predicted molar refractivity (Wildman–Crippen MR) is 61.7 cm³/mol. The van der Waals surface area contributed by atoms with Gasteiger partial charge in [-0.3, -0.25) is 4.68 Å². The summed E-state index contributed by atoms with van der Waals surface area (Å²) in [6.45, 7) is 0. The molecule has 0 radical (unpaired) electrons. The van der Waals surface area contributed by atoms with Gasteiger partial charge in [0.2, 0.25) is 0 Å². The van der Waals surface area contributed by atoms with Crippen molar-refractivity contribution < 1.29 is 0 Å². The summed E-state index contributed by atoms with van der Waals surface area (Å²) in [6.07, 6.45) is 5.50. The van der Waals surface area contributed by atoms with Gasteiger partial charge in [0.1, 0.15) is 0 Å². The maximum absolute atomic E-state index is 4.49. The molecule has 0 amide bonds. The maximum Gasteiger partial charge on any atom is 0.159 e. The molecule has 3 heterocycles. The van der Waals surface area contributed by atoms with Crippen molar-refractivity contribution in [2.45, 2.75) is 0 Å². The molecule has 3 rings (SSSR count). The second-order valence-electron chi connectivity index (χ2n) is 3.65. The molecule has 0 unspecified atom stereocenters. The Morgan fingerprint density at radius 1 is 1.19 bits per heavy atom. The fourth-order valence-electron chi connectivity index (χ4n) is 1.67. The van der Waals surface area contributed by atoms with Gasteiger partial charge in [-0.25, -0.2) is 9.97 Å². The van der Waals surface area contributed by atoms with E-state index in [1.165, 1.54) is 0 Å². The molecule has 0 fully saturated rings. The highest BCUT2D eigenvalue weighted by Crippen LogP contribution is 2.18. The molecule has 4 heteroatoms. The topological polar surface area (TPSA) is 43.6 Å². The lowest BCUT2D eigenvalue weighted by molar-refractivity contribution is 0.768. The lowest BCUT2D eigenvalue weighted by Gasteiger charge is -1.98. The normalized spacial score (nSPS) is 10.8. The lowest BCUT2D eigenvalue weighted by atomic mass is 10.2. The number of fused-ring (bicyclic) bond motifs is 1. The quantitative estimate of drug-likeness (QED) is 0.617. The summed E-state index contributed by atoms with van der Waals surface area (Å²) in [5.41, 5.74) is 2.68. The van der Waals surface area contributed by atoms with Gasteiger partial charge in [0.25, 0.3) is 0 Å². The van der Waals surface area contributed by atoms with Crippen LogP contribution in [-0.2, 0) is 7.05 Å². The molecule has 0 N–H and O–H groups in total. The first-order valence-electron chi connectivity index (χ1n) is 5.04. The summed E-state index contributed by atoms with van der Waals surface area (Å²) in [4.78, 5) is 8.73. The molecular weight excluding hydrogens is 200 g/mol. The van der Waals surface area contributed by atoms with Crippen LogP contribution in [-0.4, -0.2) is 19.7 Å². The molecule has 0 spiro atoms. The van der Waals surface area contributed by atoms with Crippen molar-refractivity contribution in [3.8, 4) is 11.3 Å². The minimum absolute atomic E-state index is 0.767. The summed E-state index contributed by atoms with van der Waals surface area (Å²) in [7, 11) is 1.89. The molecule has 0 bridgehead atoms. The van der Waals surface area contributed by atoms with Crippen molar-refractivity contribution in [1.82, 2.24) is 19.7 Å². The van der Waals surface area contributed by atoms with Crippen molar-refractivity contribution >= 4 is 11.0 Å². The smallest absolute Gasteiger partial charge is 0.159 e. The van der Waals surface area contributed by atoms with E-state index in [1.54, 1.807) is 17.1 Å². The highest BCUT2D eigenvalue weighted by Gasteiger charge is 2.03. The molecular formula is C12H10N4. The van der Waals surface area contributed by atoms with Crippen LogP contribution in [0.1, 0.15) is 0 Å². The Hall–Kier alpha value is -2.23. The Balaban J connectivity index is 2.18. The highest BCUT2D eigenvalue weighted by molar-refractivity contribution is 5.77. The molecule has 78 valence electrons. The highest BCUT2D eigenvalue weighted by atomic mass is 15.2. The minimum Gasteiger partial charge on any atom is -0.275 e. The maximum atomic E-state index is 4.49. The molecule has 16 heavy (non-hydrogen) atoms. The van der Waals surface area contributed by atoms with Gasteiger partial charge in [-0.15, -0.1) is 0 Å². The zero-order valence-corrected chi connectivity index (χ0v) is 8.83. The number of aryl methyl sites for hydroxylation is 1. The molecule has 0 aliphatic carbocycles. The zero-order chi connectivity index (χ0) is 11.0. The number of hydrogen-bond acceptors (Lipinski definition) is 3. The number of nitrogens with zero attached hydrogens (tertiary/aromatic N) is 4. The Bertz CT molecular complexity index is 642. The van der Waals surface area contributed by atoms with E-state index in [-0.39, 0.29) is 0 Å². The van der Waals surface area contributed by atoms with E-state index in [0.717, 1.165) is 22.3 Å². The summed E-state index contributed by atoms with van der Waals surface area (Å²) in [5, 5.41) is 5.18. The molecule has 3 aromatic rings. The van der Waals surface area contributed by atoms with E-state index in [4.69, 9.17) is 0 Å². The van der Waals surface area contributed by atoms with Crippen LogP contribution in [0, 0.1) is 0 Å². The van der Waals surface area contributed by atoms with Crippen LogP contribution in [0.3, 0.4) is 0 Å². The molecule has 3 aromatic heterocycles. The van der Waals surface area contributed by atoms with Crippen molar-refractivity contribution in [1.29, 1.82) is 0 Å². The third-order valence-electron chi connectivity index (χ3n) is 2.46.